The fourth-order valence-electron chi connectivity index (χ4n) is 1.48. The maximum atomic E-state index is 9.07. The Hall–Kier alpha value is -1.69. The van der Waals surface area contributed by atoms with E-state index in [1.807, 2.05) is 12.1 Å². The van der Waals surface area contributed by atoms with Crippen molar-refractivity contribution in [2.75, 3.05) is 14.2 Å². The third-order valence-electron chi connectivity index (χ3n) is 2.47. The molecule has 0 spiro atoms. The van der Waals surface area contributed by atoms with E-state index in [9.17, 15) is 0 Å². The predicted molar refractivity (Wildman–Crippen MR) is 63.0 cm³/mol. The van der Waals surface area contributed by atoms with Gasteiger partial charge in [0, 0.05) is 0 Å². The molecule has 0 aromatic heterocycles. The van der Waals surface area contributed by atoms with Crippen molar-refractivity contribution in [3.8, 4) is 17.6 Å². The summed E-state index contributed by atoms with van der Waals surface area (Å²) in [5.41, 5.74) is 1.54. The highest BCUT2D eigenvalue weighted by atomic mass is 16.5. The molecule has 1 rings (SSSR count). The third kappa shape index (κ3) is 2.27. The molecule has 0 aliphatic carbocycles. The lowest BCUT2D eigenvalue weighted by molar-refractivity contribution is 0.352. The number of hydrogen-bond donors (Lipinski definition) is 0. The highest BCUT2D eigenvalue weighted by Crippen LogP contribution is 2.36. The lowest BCUT2D eigenvalue weighted by atomic mass is 9.86. The number of nitrogens with zero attached hydrogens (tertiary/aromatic N) is 1. The second-order valence-corrected chi connectivity index (χ2v) is 4.62. The van der Waals surface area contributed by atoms with E-state index in [1.165, 1.54) is 7.11 Å². The molecule has 0 aliphatic rings. The van der Waals surface area contributed by atoms with Crippen molar-refractivity contribution in [2.24, 2.45) is 0 Å². The monoisotopic (exact) mass is 219 g/mol. The van der Waals surface area contributed by atoms with Crippen LogP contribution in [0.15, 0.2) is 12.1 Å². The van der Waals surface area contributed by atoms with Crippen molar-refractivity contribution >= 4 is 0 Å². The van der Waals surface area contributed by atoms with Crippen molar-refractivity contribution in [3.63, 3.8) is 0 Å². The van der Waals surface area contributed by atoms with Gasteiger partial charge in [-0.15, -0.1) is 0 Å². The summed E-state index contributed by atoms with van der Waals surface area (Å²) < 4.78 is 10.4. The Morgan fingerprint density at radius 3 is 2.12 bits per heavy atom. The van der Waals surface area contributed by atoms with Gasteiger partial charge in [0.15, 0.2) is 11.5 Å². The van der Waals surface area contributed by atoms with Crippen LogP contribution < -0.4 is 9.47 Å². The summed E-state index contributed by atoms with van der Waals surface area (Å²) in [4.78, 5) is 0. The van der Waals surface area contributed by atoms with E-state index in [-0.39, 0.29) is 5.41 Å². The SMILES string of the molecule is COc1cc(C(C)(C)C)cc(C#N)c1OC. The van der Waals surface area contributed by atoms with E-state index >= 15 is 0 Å². The van der Waals surface area contributed by atoms with Crippen LogP contribution in [-0.2, 0) is 5.41 Å². The van der Waals surface area contributed by atoms with E-state index in [1.54, 1.807) is 7.11 Å². The first-order chi connectivity index (χ1) is 7.43. The quantitative estimate of drug-likeness (QED) is 0.768. The van der Waals surface area contributed by atoms with Gasteiger partial charge in [0.25, 0.3) is 0 Å². The van der Waals surface area contributed by atoms with Crippen LogP contribution in [0.25, 0.3) is 0 Å². The van der Waals surface area contributed by atoms with Crippen LogP contribution in [0.4, 0.5) is 0 Å². The van der Waals surface area contributed by atoms with E-state index in [4.69, 9.17) is 14.7 Å². The van der Waals surface area contributed by atoms with Crippen LogP contribution in [-0.4, -0.2) is 14.2 Å². The molecule has 0 amide bonds. The first-order valence-electron chi connectivity index (χ1n) is 5.10. The summed E-state index contributed by atoms with van der Waals surface area (Å²) in [6, 6.07) is 5.89. The number of benzene rings is 1. The molecule has 0 unspecified atom stereocenters. The lowest BCUT2D eigenvalue weighted by Gasteiger charge is -2.21. The Labute approximate surface area is 96.6 Å². The van der Waals surface area contributed by atoms with Crippen LogP contribution >= 0.6 is 0 Å². The van der Waals surface area contributed by atoms with Gasteiger partial charge in [-0.25, -0.2) is 0 Å². The minimum absolute atomic E-state index is 0.0227. The molecule has 86 valence electrons. The van der Waals surface area contributed by atoms with Crippen molar-refractivity contribution in [1.82, 2.24) is 0 Å². The molecule has 0 bridgehead atoms. The van der Waals surface area contributed by atoms with E-state index in [2.05, 4.69) is 26.8 Å². The van der Waals surface area contributed by atoms with Crippen LogP contribution in [0.1, 0.15) is 31.9 Å². The van der Waals surface area contributed by atoms with E-state index in [0.717, 1.165) is 5.56 Å². The Bertz CT molecular complexity index is 425. The molecular formula is C13H17NO2. The molecule has 0 fully saturated rings. The van der Waals surface area contributed by atoms with Gasteiger partial charge in [-0.1, -0.05) is 20.8 Å². The smallest absolute Gasteiger partial charge is 0.178 e. The molecule has 0 saturated heterocycles. The highest BCUT2D eigenvalue weighted by Gasteiger charge is 2.19. The fourth-order valence-corrected chi connectivity index (χ4v) is 1.48. The average molecular weight is 219 g/mol. The first-order valence-corrected chi connectivity index (χ1v) is 5.10. The van der Waals surface area contributed by atoms with Crippen molar-refractivity contribution in [3.05, 3.63) is 23.3 Å². The minimum Gasteiger partial charge on any atom is -0.493 e. The van der Waals surface area contributed by atoms with Crippen LogP contribution in [0, 0.1) is 11.3 Å². The van der Waals surface area contributed by atoms with E-state index in [0.29, 0.717) is 17.1 Å². The molecule has 0 N–H and O–H groups in total. The third-order valence-corrected chi connectivity index (χ3v) is 2.47. The normalized spacial score (nSPS) is 10.8. The van der Waals surface area contributed by atoms with Crippen LogP contribution in [0.2, 0.25) is 0 Å². The van der Waals surface area contributed by atoms with Crippen molar-refractivity contribution < 1.29 is 9.47 Å². The highest BCUT2D eigenvalue weighted by molar-refractivity contribution is 5.55. The van der Waals surface area contributed by atoms with Gasteiger partial charge in [-0.2, -0.15) is 5.26 Å². The molecular weight excluding hydrogens is 202 g/mol. The topological polar surface area (TPSA) is 42.2 Å². The number of methoxy groups -OCH3 is 2. The van der Waals surface area contributed by atoms with Gasteiger partial charge in [-0.05, 0) is 23.1 Å². The Morgan fingerprint density at radius 1 is 1.12 bits per heavy atom. The van der Waals surface area contributed by atoms with Gasteiger partial charge in [0.2, 0.25) is 0 Å². The second kappa shape index (κ2) is 4.44. The van der Waals surface area contributed by atoms with Gasteiger partial charge < -0.3 is 9.47 Å². The number of hydrogen-bond acceptors (Lipinski definition) is 3. The predicted octanol–water partition coefficient (Wildman–Crippen LogP) is 2.87. The van der Waals surface area contributed by atoms with Gasteiger partial charge >= 0.3 is 0 Å². The maximum Gasteiger partial charge on any atom is 0.178 e. The van der Waals surface area contributed by atoms with Gasteiger partial charge in [0.05, 0.1) is 19.8 Å². The molecule has 3 heteroatoms. The van der Waals surface area contributed by atoms with Crippen molar-refractivity contribution in [2.45, 2.75) is 26.2 Å². The first kappa shape index (κ1) is 12.4. The average Bonchev–Trinajstić information content (AvgIpc) is 2.25. The Balaban J connectivity index is 3.45. The summed E-state index contributed by atoms with van der Waals surface area (Å²) in [7, 11) is 3.11. The Morgan fingerprint density at radius 2 is 1.75 bits per heavy atom. The molecule has 1 aromatic rings. The molecule has 0 heterocycles. The summed E-state index contributed by atoms with van der Waals surface area (Å²) >= 11 is 0. The number of ether oxygens (including phenoxy) is 2. The molecule has 0 radical (unpaired) electrons. The lowest BCUT2D eigenvalue weighted by Crippen LogP contribution is -2.12. The Kier molecular flexibility index (Phi) is 3.44. The molecule has 0 atom stereocenters. The number of rotatable bonds is 2. The zero-order valence-electron chi connectivity index (χ0n) is 10.4. The molecule has 0 saturated carbocycles. The van der Waals surface area contributed by atoms with Crippen LogP contribution in [0.3, 0.4) is 0 Å². The molecule has 16 heavy (non-hydrogen) atoms. The number of nitriles is 1. The molecule has 3 nitrogen and oxygen atoms in total. The van der Waals surface area contributed by atoms with Crippen molar-refractivity contribution in [1.29, 1.82) is 5.26 Å². The van der Waals surface area contributed by atoms with Gasteiger partial charge in [-0.3, -0.25) is 0 Å². The van der Waals surface area contributed by atoms with Crippen LogP contribution in [0.5, 0.6) is 11.5 Å². The van der Waals surface area contributed by atoms with Gasteiger partial charge in [0.1, 0.15) is 6.07 Å². The zero-order chi connectivity index (χ0) is 12.3. The van der Waals surface area contributed by atoms with E-state index < -0.39 is 0 Å². The fraction of sp³-hybridized carbons (Fsp3) is 0.462. The summed E-state index contributed by atoms with van der Waals surface area (Å²) in [6.07, 6.45) is 0. The minimum atomic E-state index is -0.0227. The summed E-state index contributed by atoms with van der Waals surface area (Å²) in [5, 5.41) is 9.07. The molecule has 1 aromatic carbocycles. The summed E-state index contributed by atoms with van der Waals surface area (Å²) in [5.74, 6) is 1.10. The molecule has 0 aliphatic heterocycles. The zero-order valence-corrected chi connectivity index (χ0v) is 10.4. The second-order valence-electron chi connectivity index (χ2n) is 4.62. The summed E-state index contributed by atoms with van der Waals surface area (Å²) in [6.45, 7) is 6.28. The standard InChI is InChI=1S/C13H17NO2/c1-13(2,3)10-6-9(8-14)12(16-5)11(7-10)15-4/h6-7H,1-5H3. The maximum absolute atomic E-state index is 9.07. The largest absolute Gasteiger partial charge is 0.493 e.